The lowest BCUT2D eigenvalue weighted by Crippen LogP contribution is -2.31. The molecule has 1 rings (SSSR count). The van der Waals surface area contributed by atoms with Crippen LogP contribution >= 0.6 is 0 Å². The smallest absolute Gasteiger partial charge is 0.0616 e. The van der Waals surface area contributed by atoms with E-state index < -0.39 is 0 Å². The molecule has 0 aliphatic heterocycles. The van der Waals surface area contributed by atoms with Crippen molar-refractivity contribution >= 4 is 0 Å². The van der Waals surface area contributed by atoms with Gasteiger partial charge in [-0.2, -0.15) is 0 Å². The predicted molar refractivity (Wildman–Crippen MR) is 73.4 cm³/mol. The third kappa shape index (κ3) is 5.85. The van der Waals surface area contributed by atoms with Gasteiger partial charge in [0, 0.05) is 12.6 Å². The summed E-state index contributed by atoms with van der Waals surface area (Å²) in [6.07, 6.45) is 1.17. The topological polar surface area (TPSA) is 21.3 Å². The first-order valence-corrected chi connectivity index (χ1v) is 6.60. The summed E-state index contributed by atoms with van der Waals surface area (Å²) in [4.78, 5) is 0. The van der Waals surface area contributed by atoms with Gasteiger partial charge in [-0.3, -0.25) is 0 Å². The van der Waals surface area contributed by atoms with Crippen LogP contribution in [0.2, 0.25) is 0 Å². The van der Waals surface area contributed by atoms with Gasteiger partial charge in [0.1, 0.15) is 0 Å². The van der Waals surface area contributed by atoms with Crippen molar-refractivity contribution < 1.29 is 4.74 Å². The fraction of sp³-hybridized carbons (Fsp3) is 0.600. The molecule has 17 heavy (non-hydrogen) atoms. The molecule has 2 atom stereocenters. The molecule has 0 heterocycles. The molecule has 0 aliphatic rings. The normalized spacial score (nSPS) is 14.5. The van der Waals surface area contributed by atoms with E-state index in [-0.39, 0.29) is 0 Å². The summed E-state index contributed by atoms with van der Waals surface area (Å²) in [5.41, 5.74) is 1.42. The van der Waals surface area contributed by atoms with E-state index >= 15 is 0 Å². The predicted octanol–water partition coefficient (Wildman–Crippen LogP) is 3.19. The largest absolute Gasteiger partial charge is 0.380 e. The van der Waals surface area contributed by atoms with Crippen LogP contribution in [0.1, 0.15) is 38.7 Å². The van der Waals surface area contributed by atoms with Gasteiger partial charge in [0.15, 0.2) is 0 Å². The van der Waals surface area contributed by atoms with E-state index in [1.165, 1.54) is 12.0 Å². The monoisotopic (exact) mass is 235 g/mol. The molecule has 0 amide bonds. The molecule has 0 bridgehead atoms. The highest BCUT2D eigenvalue weighted by atomic mass is 16.5. The van der Waals surface area contributed by atoms with E-state index in [1.54, 1.807) is 0 Å². The number of benzene rings is 1. The summed E-state index contributed by atoms with van der Waals surface area (Å²) in [6.45, 7) is 9.13. The summed E-state index contributed by atoms with van der Waals surface area (Å²) in [5.74, 6) is 0.614. The van der Waals surface area contributed by atoms with Crippen LogP contribution in [0, 0.1) is 0 Å². The van der Waals surface area contributed by atoms with Gasteiger partial charge in [0.05, 0.1) is 6.61 Å². The van der Waals surface area contributed by atoms with Crippen LogP contribution in [0.25, 0.3) is 0 Å². The molecule has 0 aromatic heterocycles. The Morgan fingerprint density at radius 2 is 1.88 bits per heavy atom. The highest BCUT2D eigenvalue weighted by Gasteiger charge is 2.06. The van der Waals surface area contributed by atoms with Crippen molar-refractivity contribution in [3.63, 3.8) is 0 Å². The number of nitrogens with one attached hydrogen (secondary N) is 1. The van der Waals surface area contributed by atoms with E-state index in [0.29, 0.717) is 12.0 Å². The van der Waals surface area contributed by atoms with Crippen LogP contribution in [-0.4, -0.2) is 25.8 Å². The van der Waals surface area contributed by atoms with Gasteiger partial charge < -0.3 is 10.1 Å². The van der Waals surface area contributed by atoms with Gasteiger partial charge >= 0.3 is 0 Å². The van der Waals surface area contributed by atoms with E-state index in [4.69, 9.17) is 4.74 Å². The molecule has 0 saturated heterocycles. The summed E-state index contributed by atoms with van der Waals surface area (Å²) in [5, 5.41) is 3.49. The van der Waals surface area contributed by atoms with Crippen LogP contribution in [0.5, 0.6) is 0 Å². The fourth-order valence-electron chi connectivity index (χ4n) is 1.85. The SMILES string of the molecule is CCOCC(C)NCCC(C)c1ccccc1. The second-order valence-corrected chi connectivity index (χ2v) is 4.62. The van der Waals surface area contributed by atoms with Gasteiger partial charge in [0.2, 0.25) is 0 Å². The Morgan fingerprint density at radius 1 is 1.18 bits per heavy atom. The molecule has 0 spiro atoms. The van der Waals surface area contributed by atoms with Crippen molar-refractivity contribution in [1.82, 2.24) is 5.32 Å². The molecule has 96 valence electrons. The molecule has 0 fully saturated rings. The van der Waals surface area contributed by atoms with Crippen molar-refractivity contribution in [3.8, 4) is 0 Å². The summed E-state index contributed by atoms with van der Waals surface area (Å²) < 4.78 is 5.37. The van der Waals surface area contributed by atoms with Gasteiger partial charge in [-0.25, -0.2) is 0 Å². The van der Waals surface area contributed by atoms with Crippen LogP contribution in [-0.2, 0) is 4.74 Å². The Bertz CT molecular complexity index is 286. The Kier molecular flexibility index (Phi) is 6.90. The maximum atomic E-state index is 5.37. The average molecular weight is 235 g/mol. The minimum absolute atomic E-state index is 0.443. The molecule has 0 saturated carbocycles. The molecular formula is C15H25NO. The van der Waals surface area contributed by atoms with E-state index in [9.17, 15) is 0 Å². The third-order valence-electron chi connectivity index (χ3n) is 3.01. The van der Waals surface area contributed by atoms with Crippen LogP contribution in [0.4, 0.5) is 0 Å². The molecule has 1 N–H and O–H groups in total. The van der Waals surface area contributed by atoms with Gasteiger partial charge in [-0.15, -0.1) is 0 Å². The molecule has 2 unspecified atom stereocenters. The Hall–Kier alpha value is -0.860. The van der Waals surface area contributed by atoms with Crippen molar-refractivity contribution in [2.75, 3.05) is 19.8 Å². The average Bonchev–Trinajstić information content (AvgIpc) is 2.37. The van der Waals surface area contributed by atoms with Gasteiger partial charge in [-0.05, 0) is 38.3 Å². The molecule has 2 nitrogen and oxygen atoms in total. The van der Waals surface area contributed by atoms with Crippen molar-refractivity contribution in [3.05, 3.63) is 35.9 Å². The Labute approximate surface area is 105 Å². The Morgan fingerprint density at radius 3 is 2.53 bits per heavy atom. The summed E-state index contributed by atoms with van der Waals surface area (Å²) in [7, 11) is 0. The Balaban J connectivity index is 2.18. The molecule has 2 heteroatoms. The minimum atomic E-state index is 0.443. The maximum absolute atomic E-state index is 5.37. The zero-order valence-electron chi connectivity index (χ0n) is 11.3. The molecule has 0 aliphatic carbocycles. The first kappa shape index (κ1) is 14.2. The second-order valence-electron chi connectivity index (χ2n) is 4.62. The summed E-state index contributed by atoms with van der Waals surface area (Å²) in [6, 6.07) is 11.1. The van der Waals surface area contributed by atoms with E-state index in [2.05, 4.69) is 49.5 Å². The zero-order chi connectivity index (χ0) is 12.5. The molecule has 1 aromatic carbocycles. The molecule has 1 aromatic rings. The lowest BCUT2D eigenvalue weighted by Gasteiger charge is -2.16. The summed E-state index contributed by atoms with van der Waals surface area (Å²) >= 11 is 0. The van der Waals surface area contributed by atoms with Gasteiger partial charge in [-0.1, -0.05) is 37.3 Å². The first-order chi connectivity index (χ1) is 8.24. The molecular weight excluding hydrogens is 210 g/mol. The quantitative estimate of drug-likeness (QED) is 0.747. The van der Waals surface area contributed by atoms with Crippen molar-refractivity contribution in [1.29, 1.82) is 0 Å². The highest BCUT2D eigenvalue weighted by molar-refractivity contribution is 5.18. The number of hydrogen-bond donors (Lipinski definition) is 1. The standard InChI is InChI=1S/C15H25NO/c1-4-17-12-14(3)16-11-10-13(2)15-8-6-5-7-9-15/h5-9,13-14,16H,4,10-12H2,1-3H3. The second kappa shape index (κ2) is 8.26. The zero-order valence-corrected chi connectivity index (χ0v) is 11.3. The van der Waals surface area contributed by atoms with Crippen LogP contribution in [0.3, 0.4) is 0 Å². The van der Waals surface area contributed by atoms with E-state index in [1.807, 2.05) is 6.92 Å². The van der Waals surface area contributed by atoms with Crippen molar-refractivity contribution in [2.45, 2.75) is 39.2 Å². The van der Waals surface area contributed by atoms with E-state index in [0.717, 1.165) is 19.8 Å². The number of hydrogen-bond acceptors (Lipinski definition) is 2. The highest BCUT2D eigenvalue weighted by Crippen LogP contribution is 2.17. The molecule has 0 radical (unpaired) electrons. The maximum Gasteiger partial charge on any atom is 0.0616 e. The lowest BCUT2D eigenvalue weighted by atomic mass is 9.98. The first-order valence-electron chi connectivity index (χ1n) is 6.60. The minimum Gasteiger partial charge on any atom is -0.380 e. The fourth-order valence-corrected chi connectivity index (χ4v) is 1.85. The number of rotatable bonds is 8. The van der Waals surface area contributed by atoms with Crippen LogP contribution < -0.4 is 5.32 Å². The number of ether oxygens (including phenoxy) is 1. The van der Waals surface area contributed by atoms with Crippen molar-refractivity contribution in [2.24, 2.45) is 0 Å². The van der Waals surface area contributed by atoms with Crippen LogP contribution in [0.15, 0.2) is 30.3 Å². The van der Waals surface area contributed by atoms with Gasteiger partial charge in [0.25, 0.3) is 0 Å². The third-order valence-corrected chi connectivity index (χ3v) is 3.01. The lowest BCUT2D eigenvalue weighted by molar-refractivity contribution is 0.127.